The molecule has 2 heterocycles. The summed E-state index contributed by atoms with van der Waals surface area (Å²) in [6.07, 6.45) is 12.6. The third-order valence-corrected chi connectivity index (χ3v) is 13.7. The minimum atomic E-state index is -0.137. The maximum Gasteiger partial charge on any atom is 0.302 e. The van der Waals surface area contributed by atoms with E-state index in [0.29, 0.717) is 29.7 Å². The third-order valence-electron chi connectivity index (χ3n) is 13.7. The van der Waals surface area contributed by atoms with Gasteiger partial charge in [-0.25, -0.2) is 0 Å². The second-order valence-electron chi connectivity index (χ2n) is 17.1. The van der Waals surface area contributed by atoms with Crippen molar-refractivity contribution in [2.45, 2.75) is 96.9 Å². The highest BCUT2D eigenvalue weighted by atomic mass is 16.5. The Morgan fingerprint density at radius 3 is 2.14 bits per heavy atom. The molecule has 0 spiro atoms. The molecule has 8 nitrogen and oxygen atoms in total. The van der Waals surface area contributed by atoms with Crippen LogP contribution in [-0.4, -0.2) is 122 Å². The Morgan fingerprint density at radius 1 is 0.814 bits per heavy atom. The molecule has 10 atom stereocenters. The average molecular weight is 601 g/mol. The number of ether oxygens (including phenoxy) is 2. The van der Waals surface area contributed by atoms with Crippen molar-refractivity contribution < 1.29 is 28.0 Å². The van der Waals surface area contributed by atoms with Gasteiger partial charge in [0.2, 0.25) is 0 Å². The van der Waals surface area contributed by atoms with Gasteiger partial charge in [-0.2, -0.15) is 0 Å². The monoisotopic (exact) mass is 600 g/mol. The fraction of sp³-hybridized carbons (Fsp3) is 0.886. The molecule has 0 radical (unpaired) electrons. The quantitative estimate of drug-likeness (QED) is 0.358. The van der Waals surface area contributed by atoms with Crippen molar-refractivity contribution in [3.63, 3.8) is 0 Å². The summed E-state index contributed by atoms with van der Waals surface area (Å²) < 4.78 is 14.4. The number of piperazine rings is 1. The van der Waals surface area contributed by atoms with Gasteiger partial charge in [0.1, 0.15) is 25.0 Å². The van der Waals surface area contributed by atoms with Crippen molar-refractivity contribution in [3.05, 3.63) is 12.4 Å². The highest BCUT2D eigenvalue weighted by Gasteiger charge is 2.65. The Hall–Kier alpha value is -1.64. The van der Waals surface area contributed by atoms with Gasteiger partial charge in [-0.3, -0.25) is 19.0 Å². The van der Waals surface area contributed by atoms with Gasteiger partial charge in [0.25, 0.3) is 0 Å². The standard InChI is InChI=1S/C35H60N4O4/c1-24(40)42-32-21-26-9-10-27-28(35(26,4)23-31(32)37-15-19-39(7,8)20-16-37)11-12-34(3)29(27)22-30(33(34)43-25(2)41)36-13-17-38(5,6)18-14-36/h13,17,26-33H,9-12,14-16,18-23H2,1-8H3/q+2/t26-,27+,28-,29-,30-,31-,32-,33-,34-,35-/m0/s1. The van der Waals surface area contributed by atoms with E-state index in [1.165, 1.54) is 19.3 Å². The lowest BCUT2D eigenvalue weighted by Gasteiger charge is -2.62. The van der Waals surface area contributed by atoms with Gasteiger partial charge < -0.3 is 18.9 Å². The first-order chi connectivity index (χ1) is 20.1. The number of carbonyl (C=O) groups excluding carboxylic acids is 2. The number of nitrogens with zero attached hydrogens (tertiary/aromatic N) is 4. The van der Waals surface area contributed by atoms with E-state index in [1.54, 1.807) is 13.8 Å². The number of quaternary nitrogens is 2. The van der Waals surface area contributed by atoms with Crippen LogP contribution in [0.3, 0.4) is 0 Å². The second kappa shape index (κ2) is 11.0. The van der Waals surface area contributed by atoms with E-state index in [1.807, 2.05) is 0 Å². The van der Waals surface area contributed by atoms with Crippen LogP contribution in [0.5, 0.6) is 0 Å². The number of hydrogen-bond acceptors (Lipinski definition) is 6. The van der Waals surface area contributed by atoms with Crippen LogP contribution in [0.15, 0.2) is 12.4 Å². The van der Waals surface area contributed by atoms with E-state index in [9.17, 15) is 9.59 Å². The maximum atomic E-state index is 12.5. The molecule has 8 heteroatoms. The molecule has 0 unspecified atom stereocenters. The summed E-state index contributed by atoms with van der Waals surface area (Å²) in [7, 11) is 9.18. The fourth-order valence-corrected chi connectivity index (χ4v) is 11.1. The molecule has 2 aliphatic heterocycles. The van der Waals surface area contributed by atoms with Crippen molar-refractivity contribution in [1.82, 2.24) is 9.80 Å². The van der Waals surface area contributed by atoms with Crippen LogP contribution in [0.25, 0.3) is 0 Å². The largest absolute Gasteiger partial charge is 0.461 e. The van der Waals surface area contributed by atoms with E-state index in [-0.39, 0.29) is 41.0 Å². The second-order valence-corrected chi connectivity index (χ2v) is 17.1. The van der Waals surface area contributed by atoms with Crippen molar-refractivity contribution in [3.8, 4) is 0 Å². The van der Waals surface area contributed by atoms with Crippen LogP contribution in [0.1, 0.15) is 72.6 Å². The normalized spacial score (nSPS) is 45.4. The molecular formula is C35H60N4O4+2. The van der Waals surface area contributed by atoms with Gasteiger partial charge in [-0.1, -0.05) is 13.8 Å². The first-order valence-corrected chi connectivity index (χ1v) is 17.3. The van der Waals surface area contributed by atoms with Crippen LogP contribution in [0.4, 0.5) is 0 Å². The van der Waals surface area contributed by atoms with Crippen LogP contribution in [0, 0.1) is 34.5 Å². The SMILES string of the molecule is CC(=O)O[C@H]1C[C@@H]2CC[C@@H]3[C@H](CC[C@@]4(C)[C@H]3C[C@H](N3C=C[N+](C)(C)CC3)[C@@H]4OC(C)=O)[C@@]2(C)C[C@@H]1N1CC[N+](C)(C)CC1. The molecule has 0 N–H and O–H groups in total. The van der Waals surface area contributed by atoms with E-state index in [4.69, 9.17) is 9.47 Å². The Bertz CT molecular complexity index is 1110. The first kappa shape index (κ1) is 31.3. The molecule has 0 aromatic rings. The number of likely N-dealkylation sites (N-methyl/N-ethyl adjacent to an activating group) is 2. The van der Waals surface area contributed by atoms with Crippen molar-refractivity contribution in [1.29, 1.82) is 0 Å². The summed E-state index contributed by atoms with van der Waals surface area (Å²) in [4.78, 5) is 30.0. The smallest absolute Gasteiger partial charge is 0.302 e. The van der Waals surface area contributed by atoms with Crippen molar-refractivity contribution in [2.24, 2.45) is 34.5 Å². The predicted molar refractivity (Wildman–Crippen MR) is 167 cm³/mol. The van der Waals surface area contributed by atoms with Gasteiger partial charge in [-0.05, 0) is 74.0 Å². The molecule has 4 saturated carbocycles. The van der Waals surface area contributed by atoms with Crippen LogP contribution in [-0.2, 0) is 19.1 Å². The molecular weight excluding hydrogens is 540 g/mol. The molecule has 6 rings (SSSR count). The zero-order valence-electron chi connectivity index (χ0n) is 28.4. The Morgan fingerprint density at radius 2 is 1.51 bits per heavy atom. The minimum absolute atomic E-state index is 0.00689. The molecule has 1 saturated heterocycles. The van der Waals surface area contributed by atoms with E-state index in [2.05, 4.69) is 64.2 Å². The summed E-state index contributed by atoms with van der Waals surface area (Å²) in [5.74, 6) is 2.23. The Balaban J connectivity index is 1.27. The molecule has 0 aromatic heterocycles. The van der Waals surface area contributed by atoms with Gasteiger partial charge in [0, 0.05) is 38.4 Å². The highest BCUT2D eigenvalue weighted by molar-refractivity contribution is 5.66. The number of hydrogen-bond donors (Lipinski definition) is 0. The molecule has 6 aliphatic rings. The van der Waals surface area contributed by atoms with E-state index in [0.717, 1.165) is 73.9 Å². The molecule has 5 fully saturated rings. The van der Waals surface area contributed by atoms with Gasteiger partial charge in [0.05, 0.1) is 60.1 Å². The molecule has 0 aromatic carbocycles. The minimum Gasteiger partial charge on any atom is -0.461 e. The first-order valence-electron chi connectivity index (χ1n) is 17.3. The lowest BCUT2D eigenvalue weighted by molar-refractivity contribution is -0.894. The van der Waals surface area contributed by atoms with Crippen LogP contribution in [0.2, 0.25) is 0 Å². The fourth-order valence-electron chi connectivity index (χ4n) is 11.1. The lowest BCUT2D eigenvalue weighted by Crippen LogP contribution is -2.64. The summed E-state index contributed by atoms with van der Waals surface area (Å²) in [6.45, 7) is 14.8. The zero-order chi connectivity index (χ0) is 30.9. The van der Waals surface area contributed by atoms with Gasteiger partial charge in [-0.15, -0.1) is 0 Å². The molecule has 242 valence electrons. The average Bonchev–Trinajstić information content (AvgIpc) is 3.20. The van der Waals surface area contributed by atoms with E-state index >= 15 is 0 Å². The topological polar surface area (TPSA) is 59.1 Å². The highest BCUT2D eigenvalue weighted by Crippen LogP contribution is 2.67. The number of esters is 2. The molecule has 4 aliphatic carbocycles. The molecule has 43 heavy (non-hydrogen) atoms. The van der Waals surface area contributed by atoms with Crippen LogP contribution >= 0.6 is 0 Å². The third kappa shape index (κ3) is 5.67. The van der Waals surface area contributed by atoms with Crippen molar-refractivity contribution >= 4 is 11.9 Å². The van der Waals surface area contributed by atoms with Crippen LogP contribution < -0.4 is 0 Å². The predicted octanol–water partition coefficient (Wildman–Crippen LogP) is 4.10. The number of carbonyl (C=O) groups is 2. The zero-order valence-corrected chi connectivity index (χ0v) is 28.4. The lowest BCUT2D eigenvalue weighted by atomic mass is 9.44. The van der Waals surface area contributed by atoms with E-state index < -0.39 is 0 Å². The maximum absolute atomic E-state index is 12.5. The summed E-state index contributed by atoms with van der Waals surface area (Å²) in [5.41, 5.74) is 0.260. The number of fused-ring (bicyclic) bond motifs is 5. The Kier molecular flexibility index (Phi) is 8.03. The van der Waals surface area contributed by atoms with Crippen molar-refractivity contribution in [2.75, 3.05) is 67.5 Å². The number of rotatable bonds is 4. The molecule has 0 amide bonds. The molecule has 0 bridgehead atoms. The van der Waals surface area contributed by atoms with Gasteiger partial charge in [0.15, 0.2) is 0 Å². The summed E-state index contributed by atoms with van der Waals surface area (Å²) >= 11 is 0. The summed E-state index contributed by atoms with van der Waals surface area (Å²) in [5, 5.41) is 0. The summed E-state index contributed by atoms with van der Waals surface area (Å²) in [6, 6.07) is 0.560. The van der Waals surface area contributed by atoms with Gasteiger partial charge >= 0.3 is 11.9 Å². The Labute approximate surface area is 260 Å².